The van der Waals surface area contributed by atoms with E-state index in [9.17, 15) is 0 Å². The minimum atomic E-state index is -0.316. The fourth-order valence-electron chi connectivity index (χ4n) is 0.964. The van der Waals surface area contributed by atoms with Crippen LogP contribution in [0.25, 0.3) is 0 Å². The molecule has 0 spiro atoms. The molecule has 0 aliphatic carbocycles. The van der Waals surface area contributed by atoms with Crippen LogP contribution >= 0.6 is 45.2 Å². The second-order valence-electron chi connectivity index (χ2n) is 3.75. The summed E-state index contributed by atoms with van der Waals surface area (Å²) in [7, 11) is 0. The number of rotatable bonds is 3. The lowest BCUT2D eigenvalue weighted by Gasteiger charge is -2.23. The van der Waals surface area contributed by atoms with Crippen LogP contribution in [0, 0.1) is 18.2 Å². The molecule has 1 rings (SSSR count). The highest BCUT2D eigenvalue weighted by Crippen LogP contribution is 2.21. The summed E-state index contributed by atoms with van der Waals surface area (Å²) < 4.78 is 4.10. The van der Waals surface area contributed by atoms with Gasteiger partial charge in [-0.05, 0) is 45.2 Å². The monoisotopic (exact) mass is 418 g/mol. The second kappa shape index (κ2) is 4.33. The second-order valence-corrected chi connectivity index (χ2v) is 5.80. The Morgan fingerprint density at radius 1 is 1.64 bits per heavy atom. The summed E-state index contributed by atoms with van der Waals surface area (Å²) in [6, 6.07) is 0. The average molecular weight is 418 g/mol. The summed E-state index contributed by atoms with van der Waals surface area (Å²) in [5.41, 5.74) is 5.20. The van der Waals surface area contributed by atoms with Crippen molar-refractivity contribution in [1.29, 1.82) is 5.41 Å². The number of hydrogen-bond acceptors (Lipinski definition) is 2. The Labute approximate surface area is 110 Å². The zero-order valence-corrected chi connectivity index (χ0v) is 12.3. The van der Waals surface area contributed by atoms with E-state index in [-0.39, 0.29) is 11.3 Å². The standard InChI is InChI=1S/C8H12I2N4/c1-8(2,7(11)12)3-14-4-13-5(9)6(14)10/h4H,3H2,1-2H3,(H3,11,12). The molecule has 1 aromatic rings. The summed E-state index contributed by atoms with van der Waals surface area (Å²) in [6.45, 7) is 4.60. The zero-order chi connectivity index (χ0) is 10.9. The van der Waals surface area contributed by atoms with Gasteiger partial charge in [-0.25, -0.2) is 4.98 Å². The number of aromatic nitrogens is 2. The van der Waals surface area contributed by atoms with E-state index in [2.05, 4.69) is 50.2 Å². The maximum absolute atomic E-state index is 7.46. The van der Waals surface area contributed by atoms with Gasteiger partial charge in [0.25, 0.3) is 0 Å². The first-order valence-corrected chi connectivity index (χ1v) is 6.21. The molecular formula is C8H12I2N4. The van der Waals surface area contributed by atoms with Crippen molar-refractivity contribution in [3.05, 3.63) is 13.7 Å². The molecule has 0 bridgehead atoms. The van der Waals surface area contributed by atoms with Crippen molar-refractivity contribution >= 4 is 51.0 Å². The van der Waals surface area contributed by atoms with Crippen LogP contribution in [0.5, 0.6) is 0 Å². The topological polar surface area (TPSA) is 67.7 Å². The third kappa shape index (κ3) is 2.59. The van der Waals surface area contributed by atoms with Crippen LogP contribution in [0.2, 0.25) is 0 Å². The minimum Gasteiger partial charge on any atom is -0.387 e. The molecule has 0 saturated carbocycles. The van der Waals surface area contributed by atoms with Crippen molar-refractivity contribution in [3.8, 4) is 0 Å². The summed E-state index contributed by atoms with van der Waals surface area (Å²) >= 11 is 4.43. The normalized spacial score (nSPS) is 11.7. The van der Waals surface area contributed by atoms with Gasteiger partial charge < -0.3 is 10.3 Å². The predicted octanol–water partition coefficient (Wildman–Crippen LogP) is 2.05. The van der Waals surface area contributed by atoms with Gasteiger partial charge in [0.1, 0.15) is 7.40 Å². The molecule has 6 heteroatoms. The van der Waals surface area contributed by atoms with Gasteiger partial charge in [0.05, 0.1) is 12.2 Å². The lowest BCUT2D eigenvalue weighted by molar-refractivity contribution is 0.419. The fraction of sp³-hybridized carbons (Fsp3) is 0.500. The first kappa shape index (κ1) is 12.2. The van der Waals surface area contributed by atoms with Crippen LogP contribution in [0.15, 0.2) is 6.33 Å². The molecule has 0 aliphatic heterocycles. The van der Waals surface area contributed by atoms with Crippen molar-refractivity contribution in [2.45, 2.75) is 20.4 Å². The Kier molecular flexibility index (Phi) is 3.78. The first-order valence-electron chi connectivity index (χ1n) is 4.05. The summed E-state index contributed by atoms with van der Waals surface area (Å²) in [5, 5.41) is 7.46. The molecule has 0 fully saturated rings. The zero-order valence-electron chi connectivity index (χ0n) is 8.01. The quantitative estimate of drug-likeness (QED) is 0.449. The Balaban J connectivity index is 2.89. The number of amidine groups is 1. The van der Waals surface area contributed by atoms with Crippen molar-refractivity contribution in [1.82, 2.24) is 9.55 Å². The van der Waals surface area contributed by atoms with E-state index in [4.69, 9.17) is 11.1 Å². The fourth-order valence-corrected chi connectivity index (χ4v) is 1.83. The molecule has 0 amide bonds. The van der Waals surface area contributed by atoms with E-state index < -0.39 is 0 Å². The third-order valence-corrected chi connectivity index (χ3v) is 4.98. The van der Waals surface area contributed by atoms with Crippen molar-refractivity contribution < 1.29 is 0 Å². The number of imidazole rings is 1. The predicted molar refractivity (Wildman–Crippen MR) is 73.4 cm³/mol. The van der Waals surface area contributed by atoms with Crippen LogP contribution in [0.3, 0.4) is 0 Å². The molecule has 3 N–H and O–H groups in total. The van der Waals surface area contributed by atoms with Gasteiger partial charge in [0, 0.05) is 12.0 Å². The summed E-state index contributed by atoms with van der Waals surface area (Å²) in [6.07, 6.45) is 1.79. The largest absolute Gasteiger partial charge is 0.387 e. The molecule has 0 aromatic carbocycles. The van der Waals surface area contributed by atoms with Crippen molar-refractivity contribution in [3.63, 3.8) is 0 Å². The molecule has 4 nitrogen and oxygen atoms in total. The third-order valence-electron chi connectivity index (χ3n) is 2.03. The van der Waals surface area contributed by atoms with E-state index >= 15 is 0 Å². The number of halogens is 2. The van der Waals surface area contributed by atoms with Crippen LogP contribution in [0.4, 0.5) is 0 Å². The van der Waals surface area contributed by atoms with E-state index in [0.29, 0.717) is 6.54 Å². The van der Waals surface area contributed by atoms with Crippen molar-refractivity contribution in [2.75, 3.05) is 0 Å². The van der Waals surface area contributed by atoms with Gasteiger partial charge in [-0.1, -0.05) is 13.8 Å². The van der Waals surface area contributed by atoms with Crippen molar-refractivity contribution in [2.24, 2.45) is 11.1 Å². The molecule has 1 heterocycles. The van der Waals surface area contributed by atoms with Gasteiger partial charge >= 0.3 is 0 Å². The number of nitrogens with zero attached hydrogens (tertiary/aromatic N) is 2. The molecule has 0 aliphatic rings. The van der Waals surface area contributed by atoms with E-state index in [0.717, 1.165) is 7.40 Å². The Bertz CT molecular complexity index is 356. The van der Waals surface area contributed by atoms with Crippen LogP contribution in [-0.4, -0.2) is 15.4 Å². The van der Waals surface area contributed by atoms with Crippen LogP contribution in [0.1, 0.15) is 13.8 Å². The SMILES string of the molecule is CC(C)(Cn1cnc(I)c1I)C(=N)N. The first-order chi connectivity index (χ1) is 6.34. The summed E-state index contributed by atoms with van der Waals surface area (Å²) in [4.78, 5) is 4.19. The molecule has 0 atom stereocenters. The molecule has 78 valence electrons. The number of hydrogen-bond donors (Lipinski definition) is 2. The van der Waals surface area contributed by atoms with E-state index in [1.54, 1.807) is 6.33 Å². The lowest BCUT2D eigenvalue weighted by atomic mass is 9.92. The van der Waals surface area contributed by atoms with Crippen LogP contribution in [-0.2, 0) is 6.54 Å². The molecule has 0 radical (unpaired) electrons. The highest BCUT2D eigenvalue weighted by molar-refractivity contribution is 14.1. The van der Waals surface area contributed by atoms with E-state index in [1.165, 1.54) is 0 Å². The highest BCUT2D eigenvalue weighted by atomic mass is 127. The van der Waals surface area contributed by atoms with Gasteiger partial charge in [0.15, 0.2) is 0 Å². The van der Waals surface area contributed by atoms with Crippen LogP contribution < -0.4 is 5.73 Å². The average Bonchev–Trinajstić information content (AvgIpc) is 2.35. The Morgan fingerprint density at radius 3 is 2.57 bits per heavy atom. The molecule has 1 aromatic heterocycles. The maximum Gasteiger partial charge on any atom is 0.132 e. The van der Waals surface area contributed by atoms with Gasteiger partial charge in [0.2, 0.25) is 0 Å². The Morgan fingerprint density at radius 2 is 2.21 bits per heavy atom. The van der Waals surface area contributed by atoms with Gasteiger partial charge in [-0.2, -0.15) is 0 Å². The number of nitrogens with one attached hydrogen (secondary N) is 1. The molecule has 0 saturated heterocycles. The summed E-state index contributed by atoms with van der Waals surface area (Å²) in [5.74, 6) is 0.206. The maximum atomic E-state index is 7.46. The lowest BCUT2D eigenvalue weighted by Crippen LogP contribution is -2.35. The van der Waals surface area contributed by atoms with E-state index in [1.807, 2.05) is 18.4 Å². The smallest absolute Gasteiger partial charge is 0.132 e. The molecule has 14 heavy (non-hydrogen) atoms. The van der Waals surface area contributed by atoms with Gasteiger partial charge in [-0.15, -0.1) is 0 Å². The molecule has 0 unspecified atom stereocenters. The number of nitrogens with two attached hydrogens (primary N) is 1. The molecular weight excluding hydrogens is 406 g/mol. The minimum absolute atomic E-state index is 0.206. The Hall–Kier alpha value is 0.140. The highest BCUT2D eigenvalue weighted by Gasteiger charge is 2.23. The van der Waals surface area contributed by atoms with Gasteiger partial charge in [-0.3, -0.25) is 5.41 Å².